The van der Waals surface area contributed by atoms with Crippen molar-refractivity contribution < 1.29 is 18.7 Å². The highest BCUT2D eigenvalue weighted by Crippen LogP contribution is 2.18. The maximum absolute atomic E-state index is 13.0. The minimum atomic E-state index is -0.578. The highest BCUT2D eigenvalue weighted by atomic mass is 19.1. The second-order valence-corrected chi connectivity index (χ2v) is 4.86. The summed E-state index contributed by atoms with van der Waals surface area (Å²) in [5.41, 5.74) is 0.630. The number of nitrogens with zero attached hydrogens (tertiary/aromatic N) is 3. The largest absolute Gasteiger partial charge is 0.469 e. The van der Waals surface area contributed by atoms with Crippen molar-refractivity contribution >= 4 is 11.9 Å². The lowest BCUT2D eigenvalue weighted by Crippen LogP contribution is -2.31. The van der Waals surface area contributed by atoms with E-state index in [0.717, 1.165) is 0 Å². The molecule has 1 aromatic heterocycles. The van der Waals surface area contributed by atoms with E-state index in [9.17, 15) is 14.0 Å². The van der Waals surface area contributed by atoms with E-state index in [1.807, 2.05) is 0 Å². The van der Waals surface area contributed by atoms with Crippen molar-refractivity contribution in [2.45, 2.75) is 25.4 Å². The van der Waals surface area contributed by atoms with E-state index in [2.05, 4.69) is 20.1 Å². The van der Waals surface area contributed by atoms with Crippen LogP contribution in [0.2, 0.25) is 0 Å². The first-order valence-corrected chi connectivity index (χ1v) is 7.02. The third-order valence-corrected chi connectivity index (χ3v) is 3.24. The summed E-state index contributed by atoms with van der Waals surface area (Å²) in [6.07, 6.45) is 3.05. The van der Waals surface area contributed by atoms with Crippen LogP contribution in [0.1, 0.15) is 24.4 Å². The molecule has 0 aliphatic rings. The summed E-state index contributed by atoms with van der Waals surface area (Å²) in [6.45, 7) is 0.375. The van der Waals surface area contributed by atoms with Gasteiger partial charge in [0.05, 0.1) is 26.1 Å². The molecule has 0 saturated heterocycles. The number of methoxy groups -OCH3 is 1. The van der Waals surface area contributed by atoms with E-state index in [0.29, 0.717) is 12.1 Å². The van der Waals surface area contributed by atoms with Crippen molar-refractivity contribution in [3.05, 3.63) is 48.3 Å². The molecule has 7 nitrogen and oxygen atoms in total. The Kier molecular flexibility index (Phi) is 5.79. The second kappa shape index (κ2) is 8.02. The average molecular weight is 320 g/mol. The zero-order valence-electron chi connectivity index (χ0n) is 12.6. The van der Waals surface area contributed by atoms with Gasteiger partial charge < -0.3 is 10.1 Å². The number of aromatic nitrogens is 3. The SMILES string of the molecule is COC(=O)C[C@H](NC(=O)CCn1cncn1)c1ccc(F)cc1. The number of benzene rings is 1. The molecule has 0 spiro atoms. The number of carbonyl (C=O) groups excluding carboxylic acids is 2. The molecular weight excluding hydrogens is 303 g/mol. The Hall–Kier alpha value is -2.77. The predicted octanol–water partition coefficient (Wildman–Crippen LogP) is 1.23. The lowest BCUT2D eigenvalue weighted by Gasteiger charge is -2.18. The van der Waals surface area contributed by atoms with Crippen molar-refractivity contribution in [3.8, 4) is 0 Å². The van der Waals surface area contributed by atoms with Gasteiger partial charge in [-0.05, 0) is 17.7 Å². The molecule has 0 aliphatic heterocycles. The number of esters is 1. The number of amides is 1. The zero-order chi connectivity index (χ0) is 16.7. The monoisotopic (exact) mass is 320 g/mol. The van der Waals surface area contributed by atoms with Gasteiger partial charge in [0.1, 0.15) is 18.5 Å². The van der Waals surface area contributed by atoms with E-state index >= 15 is 0 Å². The van der Waals surface area contributed by atoms with E-state index < -0.39 is 12.0 Å². The Bertz CT molecular complexity index is 643. The molecule has 0 unspecified atom stereocenters. The summed E-state index contributed by atoms with van der Waals surface area (Å²) in [4.78, 5) is 27.4. The lowest BCUT2D eigenvalue weighted by atomic mass is 10.0. The Morgan fingerprint density at radius 3 is 2.70 bits per heavy atom. The summed E-state index contributed by atoms with van der Waals surface area (Å²) in [6, 6.07) is 5.04. The van der Waals surface area contributed by atoms with Crippen LogP contribution in [0.15, 0.2) is 36.9 Å². The summed E-state index contributed by atoms with van der Waals surface area (Å²) < 4.78 is 19.2. The molecule has 8 heteroatoms. The fourth-order valence-electron chi connectivity index (χ4n) is 2.03. The van der Waals surface area contributed by atoms with Gasteiger partial charge in [-0.25, -0.2) is 9.37 Å². The standard InChI is InChI=1S/C15H17FN4O3/c1-23-15(22)8-13(11-2-4-12(16)5-3-11)19-14(21)6-7-20-10-17-9-18-20/h2-5,9-10,13H,6-8H2,1H3,(H,19,21)/t13-/m0/s1. The van der Waals surface area contributed by atoms with Crippen LogP contribution in [0.3, 0.4) is 0 Å². The van der Waals surface area contributed by atoms with E-state index in [1.54, 1.807) is 0 Å². The predicted molar refractivity (Wildman–Crippen MR) is 78.6 cm³/mol. The molecule has 0 fully saturated rings. The Morgan fingerprint density at radius 2 is 2.09 bits per heavy atom. The highest BCUT2D eigenvalue weighted by molar-refractivity contribution is 5.78. The van der Waals surface area contributed by atoms with Gasteiger partial charge in [-0.3, -0.25) is 14.3 Å². The molecule has 0 saturated carbocycles. The maximum atomic E-state index is 13.0. The number of halogens is 1. The molecule has 0 bridgehead atoms. The van der Waals surface area contributed by atoms with Crippen LogP contribution < -0.4 is 5.32 Å². The van der Waals surface area contributed by atoms with Gasteiger partial charge in [0.15, 0.2) is 0 Å². The molecule has 1 N–H and O–H groups in total. The minimum Gasteiger partial charge on any atom is -0.469 e. The summed E-state index contributed by atoms with van der Waals surface area (Å²) in [5.74, 6) is -1.10. The summed E-state index contributed by atoms with van der Waals surface area (Å²) in [7, 11) is 1.27. The van der Waals surface area contributed by atoms with E-state index in [1.165, 1.54) is 48.7 Å². The lowest BCUT2D eigenvalue weighted by molar-refractivity contribution is -0.141. The molecular formula is C15H17FN4O3. The van der Waals surface area contributed by atoms with Crippen LogP contribution in [0.5, 0.6) is 0 Å². The summed E-state index contributed by atoms with van der Waals surface area (Å²) >= 11 is 0. The van der Waals surface area contributed by atoms with E-state index in [-0.39, 0.29) is 24.6 Å². The number of ether oxygens (including phenoxy) is 1. The minimum absolute atomic E-state index is 0.0306. The van der Waals surface area contributed by atoms with Crippen LogP contribution in [0, 0.1) is 5.82 Å². The van der Waals surface area contributed by atoms with Crippen LogP contribution in [0.4, 0.5) is 4.39 Å². The van der Waals surface area contributed by atoms with Crippen molar-refractivity contribution in [2.75, 3.05) is 7.11 Å². The molecule has 0 radical (unpaired) electrons. The van der Waals surface area contributed by atoms with Gasteiger partial charge >= 0.3 is 5.97 Å². The van der Waals surface area contributed by atoms with Crippen molar-refractivity contribution in [3.63, 3.8) is 0 Å². The number of carbonyl (C=O) groups is 2. The number of aryl methyl sites for hydroxylation is 1. The number of hydrogen-bond donors (Lipinski definition) is 1. The molecule has 1 heterocycles. The molecule has 2 rings (SSSR count). The van der Waals surface area contributed by atoms with Crippen molar-refractivity contribution in [1.82, 2.24) is 20.1 Å². The third-order valence-electron chi connectivity index (χ3n) is 3.24. The van der Waals surface area contributed by atoms with Gasteiger partial charge in [-0.1, -0.05) is 12.1 Å². The number of hydrogen-bond acceptors (Lipinski definition) is 5. The van der Waals surface area contributed by atoms with Gasteiger partial charge in [-0.15, -0.1) is 0 Å². The highest BCUT2D eigenvalue weighted by Gasteiger charge is 2.19. The quantitative estimate of drug-likeness (QED) is 0.775. The molecule has 2 aromatic rings. The van der Waals surface area contributed by atoms with Gasteiger partial charge in [0.2, 0.25) is 5.91 Å². The van der Waals surface area contributed by atoms with Crippen molar-refractivity contribution in [2.24, 2.45) is 0 Å². The summed E-state index contributed by atoms with van der Waals surface area (Å²) in [5, 5.41) is 6.66. The van der Waals surface area contributed by atoms with Crippen LogP contribution in [-0.2, 0) is 20.9 Å². The molecule has 0 aliphatic carbocycles. The Balaban J connectivity index is 1.99. The van der Waals surface area contributed by atoms with Crippen LogP contribution in [0.25, 0.3) is 0 Å². The Morgan fingerprint density at radius 1 is 1.35 bits per heavy atom. The Labute approximate surface area is 132 Å². The fourth-order valence-corrected chi connectivity index (χ4v) is 2.03. The number of nitrogens with one attached hydrogen (secondary N) is 1. The first-order valence-electron chi connectivity index (χ1n) is 7.02. The van der Waals surface area contributed by atoms with Gasteiger partial charge in [-0.2, -0.15) is 5.10 Å². The smallest absolute Gasteiger partial charge is 0.307 e. The normalized spacial score (nSPS) is 11.7. The van der Waals surface area contributed by atoms with Gasteiger partial charge in [0, 0.05) is 6.42 Å². The first-order chi connectivity index (χ1) is 11.1. The van der Waals surface area contributed by atoms with Crippen LogP contribution in [-0.4, -0.2) is 33.8 Å². The maximum Gasteiger partial charge on any atom is 0.307 e. The first kappa shape index (κ1) is 16.6. The molecule has 1 amide bonds. The fraction of sp³-hybridized carbons (Fsp3) is 0.333. The molecule has 1 atom stereocenters. The number of rotatable bonds is 7. The van der Waals surface area contributed by atoms with E-state index in [4.69, 9.17) is 0 Å². The van der Waals surface area contributed by atoms with Gasteiger partial charge in [0.25, 0.3) is 0 Å². The molecule has 122 valence electrons. The topological polar surface area (TPSA) is 86.1 Å². The zero-order valence-corrected chi connectivity index (χ0v) is 12.6. The third kappa shape index (κ3) is 5.17. The second-order valence-electron chi connectivity index (χ2n) is 4.86. The molecule has 1 aromatic carbocycles. The molecule has 23 heavy (non-hydrogen) atoms. The van der Waals surface area contributed by atoms with Crippen molar-refractivity contribution in [1.29, 1.82) is 0 Å². The average Bonchev–Trinajstić information content (AvgIpc) is 3.06. The van der Waals surface area contributed by atoms with Crippen LogP contribution >= 0.6 is 0 Å².